The smallest absolute Gasteiger partial charge is 0.338 e. The molecule has 0 bridgehead atoms. The molecule has 2 aromatic carbocycles. The Kier molecular flexibility index (Phi) is 5.29. The molecule has 30 heavy (non-hydrogen) atoms. The zero-order valence-electron chi connectivity index (χ0n) is 16.7. The van der Waals surface area contributed by atoms with E-state index < -0.39 is 5.97 Å². The maximum Gasteiger partial charge on any atom is 0.338 e. The predicted molar refractivity (Wildman–Crippen MR) is 105 cm³/mol. The molecule has 0 fully saturated rings. The van der Waals surface area contributed by atoms with Crippen LogP contribution < -0.4 is 9.47 Å². The minimum atomic E-state index is -0.520. The van der Waals surface area contributed by atoms with E-state index in [0.29, 0.717) is 40.5 Å². The molecule has 0 saturated carbocycles. The van der Waals surface area contributed by atoms with Gasteiger partial charge >= 0.3 is 5.97 Å². The number of nitrogens with zero attached hydrogens (tertiary/aromatic N) is 5. The average Bonchev–Trinajstić information content (AvgIpc) is 3.43. The van der Waals surface area contributed by atoms with Crippen LogP contribution in [0.5, 0.6) is 11.5 Å². The van der Waals surface area contributed by atoms with Crippen molar-refractivity contribution in [3.8, 4) is 22.9 Å². The highest BCUT2D eigenvalue weighted by Gasteiger charge is 2.15. The van der Waals surface area contributed by atoms with E-state index in [1.54, 1.807) is 55.3 Å². The highest BCUT2D eigenvalue weighted by molar-refractivity contribution is 5.93. The van der Waals surface area contributed by atoms with Crippen molar-refractivity contribution in [1.29, 1.82) is 0 Å². The normalized spacial score (nSPS) is 10.9. The standard InChI is InChI=1S/C20H19N5O5/c1-4-25-15-7-5-13(9-14(15)22-24-25)20(26)29-11-18-21-19(23-30-18)12-6-8-16(27-2)17(10-12)28-3/h5-10H,4,11H2,1-3H3. The molecule has 2 heterocycles. The van der Waals surface area contributed by atoms with Gasteiger partial charge in [0.25, 0.3) is 5.89 Å². The molecule has 2 aromatic heterocycles. The topological polar surface area (TPSA) is 114 Å². The molecular formula is C20H19N5O5. The van der Waals surface area contributed by atoms with Gasteiger partial charge in [-0.05, 0) is 43.3 Å². The second kappa shape index (κ2) is 8.19. The lowest BCUT2D eigenvalue weighted by atomic mass is 10.2. The number of hydrogen-bond donors (Lipinski definition) is 0. The first-order valence-corrected chi connectivity index (χ1v) is 9.18. The summed E-state index contributed by atoms with van der Waals surface area (Å²) in [6.07, 6.45) is 0. The van der Waals surface area contributed by atoms with E-state index in [0.717, 1.165) is 5.52 Å². The number of ether oxygens (including phenoxy) is 3. The van der Waals surface area contributed by atoms with Crippen LogP contribution in [0.1, 0.15) is 23.2 Å². The van der Waals surface area contributed by atoms with Gasteiger partial charge in [0.1, 0.15) is 5.52 Å². The number of fused-ring (bicyclic) bond motifs is 1. The second-order valence-corrected chi connectivity index (χ2v) is 6.27. The fraction of sp³-hybridized carbons (Fsp3) is 0.250. The Morgan fingerprint density at radius 2 is 1.93 bits per heavy atom. The summed E-state index contributed by atoms with van der Waals surface area (Å²) in [7, 11) is 3.10. The Bertz CT molecular complexity index is 1200. The van der Waals surface area contributed by atoms with Crippen LogP contribution in [0.25, 0.3) is 22.4 Å². The van der Waals surface area contributed by atoms with Crippen molar-refractivity contribution >= 4 is 17.0 Å². The Hall–Kier alpha value is -3.95. The van der Waals surface area contributed by atoms with Crippen molar-refractivity contribution in [2.24, 2.45) is 0 Å². The maximum absolute atomic E-state index is 12.4. The van der Waals surface area contributed by atoms with E-state index in [9.17, 15) is 4.79 Å². The largest absolute Gasteiger partial charge is 0.493 e. The molecule has 0 spiro atoms. The van der Waals surface area contributed by atoms with Gasteiger partial charge in [0.05, 0.1) is 25.3 Å². The monoisotopic (exact) mass is 409 g/mol. The van der Waals surface area contributed by atoms with Crippen LogP contribution in [0.2, 0.25) is 0 Å². The van der Waals surface area contributed by atoms with Gasteiger partial charge in [0.15, 0.2) is 18.1 Å². The molecule has 4 rings (SSSR count). The molecule has 0 saturated heterocycles. The molecule has 10 nitrogen and oxygen atoms in total. The van der Waals surface area contributed by atoms with E-state index in [-0.39, 0.29) is 12.5 Å². The zero-order valence-corrected chi connectivity index (χ0v) is 16.7. The van der Waals surface area contributed by atoms with Crippen LogP contribution in [0, 0.1) is 0 Å². The molecule has 0 aliphatic rings. The second-order valence-electron chi connectivity index (χ2n) is 6.27. The van der Waals surface area contributed by atoms with Crippen LogP contribution in [0.4, 0.5) is 0 Å². The van der Waals surface area contributed by atoms with Gasteiger partial charge in [-0.1, -0.05) is 10.4 Å². The van der Waals surface area contributed by atoms with E-state index in [1.165, 1.54) is 0 Å². The van der Waals surface area contributed by atoms with Gasteiger partial charge in [-0.25, -0.2) is 9.48 Å². The van der Waals surface area contributed by atoms with Crippen LogP contribution in [0.15, 0.2) is 40.9 Å². The van der Waals surface area contributed by atoms with Crippen LogP contribution in [-0.4, -0.2) is 45.3 Å². The summed E-state index contributed by atoms with van der Waals surface area (Å²) in [4.78, 5) is 16.6. The van der Waals surface area contributed by atoms with E-state index >= 15 is 0 Å². The highest BCUT2D eigenvalue weighted by atomic mass is 16.6. The lowest BCUT2D eigenvalue weighted by Crippen LogP contribution is -2.05. The molecule has 0 N–H and O–H groups in total. The van der Waals surface area contributed by atoms with Gasteiger partial charge in [0, 0.05) is 12.1 Å². The Morgan fingerprint density at radius 1 is 1.10 bits per heavy atom. The third-order valence-electron chi connectivity index (χ3n) is 4.49. The summed E-state index contributed by atoms with van der Waals surface area (Å²) in [5.41, 5.74) is 2.52. The molecule has 0 atom stereocenters. The summed E-state index contributed by atoms with van der Waals surface area (Å²) < 4.78 is 22.7. The Labute approximate surface area is 171 Å². The van der Waals surface area contributed by atoms with E-state index in [4.69, 9.17) is 18.7 Å². The molecule has 0 radical (unpaired) electrons. The summed E-state index contributed by atoms with van der Waals surface area (Å²) in [6, 6.07) is 10.4. The number of hydrogen-bond acceptors (Lipinski definition) is 9. The molecule has 0 aliphatic heterocycles. The van der Waals surface area contributed by atoms with Crippen LogP contribution in [-0.2, 0) is 17.9 Å². The quantitative estimate of drug-likeness (QED) is 0.425. The number of rotatable bonds is 7. The van der Waals surface area contributed by atoms with Crippen molar-refractivity contribution in [2.75, 3.05) is 14.2 Å². The minimum Gasteiger partial charge on any atom is -0.493 e. The van der Waals surface area contributed by atoms with Crippen molar-refractivity contribution in [3.05, 3.63) is 47.9 Å². The first-order valence-electron chi connectivity index (χ1n) is 9.18. The number of methoxy groups -OCH3 is 2. The average molecular weight is 409 g/mol. The molecule has 0 unspecified atom stereocenters. The maximum atomic E-state index is 12.4. The first kappa shape index (κ1) is 19.4. The molecular weight excluding hydrogens is 390 g/mol. The van der Waals surface area contributed by atoms with Gasteiger partial charge in [-0.3, -0.25) is 0 Å². The summed E-state index contributed by atoms with van der Waals surface area (Å²) in [6.45, 7) is 2.51. The van der Waals surface area contributed by atoms with E-state index in [2.05, 4.69) is 20.5 Å². The molecule has 4 aromatic rings. The van der Waals surface area contributed by atoms with Crippen molar-refractivity contribution in [1.82, 2.24) is 25.1 Å². The Morgan fingerprint density at radius 3 is 2.70 bits per heavy atom. The third kappa shape index (κ3) is 3.66. The fourth-order valence-electron chi connectivity index (χ4n) is 2.95. The fourth-order valence-corrected chi connectivity index (χ4v) is 2.95. The lowest BCUT2D eigenvalue weighted by molar-refractivity contribution is 0.0430. The van der Waals surface area contributed by atoms with Gasteiger partial charge in [-0.15, -0.1) is 5.10 Å². The van der Waals surface area contributed by atoms with Crippen LogP contribution in [0.3, 0.4) is 0 Å². The number of carbonyl (C=O) groups is 1. The van der Waals surface area contributed by atoms with Crippen LogP contribution >= 0.6 is 0 Å². The van der Waals surface area contributed by atoms with Crippen molar-refractivity contribution in [2.45, 2.75) is 20.1 Å². The molecule has 0 aliphatic carbocycles. The number of aromatic nitrogens is 5. The Balaban J connectivity index is 1.45. The summed E-state index contributed by atoms with van der Waals surface area (Å²) in [5, 5.41) is 12.0. The number of aryl methyl sites for hydroxylation is 1. The summed E-state index contributed by atoms with van der Waals surface area (Å²) in [5.74, 6) is 1.14. The minimum absolute atomic E-state index is 0.154. The van der Waals surface area contributed by atoms with Gasteiger partial charge < -0.3 is 18.7 Å². The third-order valence-corrected chi connectivity index (χ3v) is 4.49. The van der Waals surface area contributed by atoms with Gasteiger partial charge in [0.2, 0.25) is 5.82 Å². The van der Waals surface area contributed by atoms with Gasteiger partial charge in [-0.2, -0.15) is 4.98 Å². The number of esters is 1. The summed E-state index contributed by atoms with van der Waals surface area (Å²) >= 11 is 0. The molecule has 10 heteroatoms. The molecule has 0 amide bonds. The van der Waals surface area contributed by atoms with E-state index in [1.807, 2.05) is 6.92 Å². The predicted octanol–water partition coefficient (Wildman–Crippen LogP) is 2.88. The number of benzene rings is 2. The first-order chi connectivity index (χ1) is 14.6. The molecule has 154 valence electrons. The zero-order chi connectivity index (χ0) is 21.1. The van der Waals surface area contributed by atoms with Crippen molar-refractivity contribution < 1.29 is 23.5 Å². The van der Waals surface area contributed by atoms with Crippen molar-refractivity contribution in [3.63, 3.8) is 0 Å². The highest BCUT2D eigenvalue weighted by Crippen LogP contribution is 2.31. The lowest BCUT2D eigenvalue weighted by Gasteiger charge is -2.07. The SMILES string of the molecule is CCn1nnc2cc(C(=O)OCc3nc(-c4ccc(OC)c(OC)c4)no3)ccc21. The number of carbonyl (C=O) groups excluding carboxylic acids is 1.